The minimum absolute atomic E-state index is 0.307. The Bertz CT molecular complexity index is 299. The van der Waals surface area contributed by atoms with Crippen LogP contribution in [0.5, 0.6) is 0 Å². The molecule has 1 aliphatic heterocycles. The lowest BCUT2D eigenvalue weighted by molar-refractivity contribution is 0.146. The summed E-state index contributed by atoms with van der Waals surface area (Å²) in [5.74, 6) is 2.42. The summed E-state index contributed by atoms with van der Waals surface area (Å²) in [7, 11) is -3.42. The van der Waals surface area contributed by atoms with E-state index in [2.05, 4.69) is 6.92 Å². The lowest BCUT2D eigenvalue weighted by Crippen LogP contribution is -2.02. The van der Waals surface area contributed by atoms with Gasteiger partial charge in [0, 0.05) is 16.4 Å². The minimum Gasteiger partial charge on any atom is -0.407 e. The van der Waals surface area contributed by atoms with Crippen LogP contribution < -0.4 is 0 Å². The molecule has 0 aromatic rings. The Balaban J connectivity index is 2.60. The van der Waals surface area contributed by atoms with Gasteiger partial charge in [-0.2, -0.15) is 0 Å². The molecule has 4 nitrogen and oxygen atoms in total. The van der Waals surface area contributed by atoms with E-state index in [0.717, 1.165) is 5.75 Å². The predicted octanol–water partition coefficient (Wildman–Crippen LogP) is 3.89. The van der Waals surface area contributed by atoms with Crippen LogP contribution in [0, 0.1) is 0 Å². The first kappa shape index (κ1) is 15.4. The normalized spacial score (nSPS) is 21.8. The van der Waals surface area contributed by atoms with E-state index < -0.39 is 7.82 Å². The van der Waals surface area contributed by atoms with E-state index in [4.69, 9.17) is 13.6 Å². The van der Waals surface area contributed by atoms with Gasteiger partial charge in [-0.15, -0.1) is 23.5 Å². The van der Waals surface area contributed by atoms with Gasteiger partial charge in [-0.3, -0.25) is 9.05 Å². The molecule has 1 rings (SSSR count). The third kappa shape index (κ3) is 5.71. The first-order chi connectivity index (χ1) is 8.09. The summed E-state index contributed by atoms with van der Waals surface area (Å²) in [6, 6.07) is 0. The average Bonchev–Trinajstić information content (AvgIpc) is 2.44. The quantitative estimate of drug-likeness (QED) is 0.693. The van der Waals surface area contributed by atoms with Crippen molar-refractivity contribution in [3.05, 3.63) is 11.2 Å². The fraction of sp³-hybridized carbons (Fsp3) is 0.800. The van der Waals surface area contributed by atoms with Gasteiger partial charge < -0.3 is 4.52 Å². The van der Waals surface area contributed by atoms with E-state index in [1.165, 1.54) is 0 Å². The number of hydrogen-bond acceptors (Lipinski definition) is 6. The van der Waals surface area contributed by atoms with Gasteiger partial charge in [0.05, 0.1) is 19.0 Å². The molecule has 0 aromatic carbocycles. The first-order valence-corrected chi connectivity index (χ1v) is 9.16. The maximum atomic E-state index is 12.1. The standard InChI is InChI=1S/C10H19O4PS2/c1-4-12-15(11,13-5-2)14-10-7-16-6-9(3)17-8-10/h7,9H,4-6,8H2,1-3H3. The van der Waals surface area contributed by atoms with E-state index in [-0.39, 0.29) is 0 Å². The molecule has 17 heavy (non-hydrogen) atoms. The van der Waals surface area contributed by atoms with Crippen LogP contribution in [0.1, 0.15) is 20.8 Å². The lowest BCUT2D eigenvalue weighted by Gasteiger charge is -2.18. The third-order valence-corrected chi connectivity index (χ3v) is 5.99. The van der Waals surface area contributed by atoms with Crippen LogP contribution in [0.4, 0.5) is 0 Å². The van der Waals surface area contributed by atoms with Crippen LogP contribution in [0.15, 0.2) is 11.2 Å². The van der Waals surface area contributed by atoms with E-state index >= 15 is 0 Å². The summed E-state index contributed by atoms with van der Waals surface area (Å²) >= 11 is 3.45. The van der Waals surface area contributed by atoms with E-state index in [1.54, 1.807) is 37.4 Å². The van der Waals surface area contributed by atoms with Gasteiger partial charge in [0.1, 0.15) is 5.76 Å². The van der Waals surface area contributed by atoms with Crippen molar-refractivity contribution >= 4 is 31.3 Å². The van der Waals surface area contributed by atoms with Crippen LogP contribution in [0.3, 0.4) is 0 Å². The second-order valence-electron chi connectivity index (χ2n) is 3.41. The van der Waals surface area contributed by atoms with Crippen molar-refractivity contribution in [1.29, 1.82) is 0 Å². The molecule has 100 valence electrons. The Morgan fingerprint density at radius 2 is 2.06 bits per heavy atom. The average molecular weight is 298 g/mol. The maximum Gasteiger partial charge on any atom is 0.529 e. The second kappa shape index (κ2) is 7.74. The molecule has 1 atom stereocenters. The largest absolute Gasteiger partial charge is 0.529 e. The summed E-state index contributed by atoms with van der Waals surface area (Å²) < 4.78 is 27.8. The van der Waals surface area contributed by atoms with Gasteiger partial charge in [0.2, 0.25) is 0 Å². The monoisotopic (exact) mass is 298 g/mol. The summed E-state index contributed by atoms with van der Waals surface area (Å²) in [5.41, 5.74) is 0. The molecule has 0 amide bonds. The van der Waals surface area contributed by atoms with Crippen LogP contribution in [0.2, 0.25) is 0 Å². The SMILES string of the molecule is CCOP(=O)(OCC)OC1=CSCC(C)SC1. The van der Waals surface area contributed by atoms with Crippen LogP contribution in [-0.2, 0) is 18.1 Å². The molecule has 0 radical (unpaired) electrons. The highest BCUT2D eigenvalue weighted by Gasteiger charge is 2.28. The van der Waals surface area contributed by atoms with Crippen molar-refractivity contribution in [2.24, 2.45) is 0 Å². The number of hydrogen-bond donors (Lipinski definition) is 0. The molecule has 0 bridgehead atoms. The molecular weight excluding hydrogens is 279 g/mol. The molecule has 0 saturated carbocycles. The maximum absolute atomic E-state index is 12.1. The Kier molecular flexibility index (Phi) is 7.04. The molecule has 0 N–H and O–H groups in total. The number of phosphoric ester groups is 1. The fourth-order valence-electron chi connectivity index (χ4n) is 1.18. The Labute approximate surface area is 111 Å². The predicted molar refractivity (Wildman–Crippen MR) is 74.4 cm³/mol. The van der Waals surface area contributed by atoms with Crippen molar-refractivity contribution in [3.8, 4) is 0 Å². The van der Waals surface area contributed by atoms with Gasteiger partial charge in [-0.25, -0.2) is 4.57 Å². The third-order valence-electron chi connectivity index (χ3n) is 1.86. The summed E-state index contributed by atoms with van der Waals surface area (Å²) in [6.45, 7) is 6.31. The number of rotatable bonds is 6. The molecule has 1 aliphatic rings. The molecule has 0 fully saturated rings. The number of thioether (sulfide) groups is 2. The van der Waals surface area contributed by atoms with Crippen molar-refractivity contribution in [2.45, 2.75) is 26.0 Å². The Hall–Kier alpha value is 0.390. The molecule has 7 heteroatoms. The Morgan fingerprint density at radius 3 is 2.65 bits per heavy atom. The van der Waals surface area contributed by atoms with Crippen LogP contribution in [0.25, 0.3) is 0 Å². The minimum atomic E-state index is -3.42. The highest BCUT2D eigenvalue weighted by molar-refractivity contribution is 8.05. The zero-order valence-electron chi connectivity index (χ0n) is 10.4. The van der Waals surface area contributed by atoms with Crippen molar-refractivity contribution in [1.82, 2.24) is 0 Å². The van der Waals surface area contributed by atoms with E-state index in [1.807, 2.05) is 5.41 Å². The molecule has 0 aromatic heterocycles. The lowest BCUT2D eigenvalue weighted by atomic mass is 10.6. The highest BCUT2D eigenvalue weighted by atomic mass is 32.2. The van der Waals surface area contributed by atoms with Crippen molar-refractivity contribution in [2.75, 3.05) is 24.7 Å². The van der Waals surface area contributed by atoms with Gasteiger partial charge in [0.15, 0.2) is 0 Å². The fourth-order valence-corrected chi connectivity index (χ4v) is 4.56. The summed E-state index contributed by atoms with van der Waals surface area (Å²) in [6.07, 6.45) is 0. The van der Waals surface area contributed by atoms with Crippen molar-refractivity contribution in [3.63, 3.8) is 0 Å². The molecule has 0 spiro atoms. The molecule has 0 aliphatic carbocycles. The second-order valence-corrected chi connectivity index (χ2v) is 7.34. The number of phosphoric acid groups is 1. The summed E-state index contributed by atoms with van der Waals surface area (Å²) in [4.78, 5) is 0. The Morgan fingerprint density at radius 1 is 1.41 bits per heavy atom. The topological polar surface area (TPSA) is 44.8 Å². The molecule has 0 saturated heterocycles. The van der Waals surface area contributed by atoms with Crippen LogP contribution in [-0.4, -0.2) is 30.0 Å². The highest BCUT2D eigenvalue weighted by Crippen LogP contribution is 2.52. The van der Waals surface area contributed by atoms with E-state index in [9.17, 15) is 4.57 Å². The van der Waals surface area contributed by atoms with Gasteiger partial charge >= 0.3 is 7.82 Å². The summed E-state index contributed by atoms with van der Waals surface area (Å²) in [5, 5.41) is 2.47. The van der Waals surface area contributed by atoms with Gasteiger partial charge in [-0.1, -0.05) is 6.92 Å². The molecule has 1 heterocycles. The van der Waals surface area contributed by atoms with Gasteiger partial charge in [0.25, 0.3) is 0 Å². The zero-order chi connectivity index (χ0) is 12.7. The zero-order valence-corrected chi connectivity index (χ0v) is 12.9. The molecular formula is C10H19O4PS2. The first-order valence-electron chi connectivity index (χ1n) is 5.60. The van der Waals surface area contributed by atoms with Crippen LogP contribution >= 0.6 is 31.3 Å². The van der Waals surface area contributed by atoms with E-state index in [0.29, 0.717) is 30.0 Å². The molecule has 1 unspecified atom stereocenters. The smallest absolute Gasteiger partial charge is 0.407 e. The van der Waals surface area contributed by atoms with Gasteiger partial charge in [-0.05, 0) is 13.8 Å². The van der Waals surface area contributed by atoms with Crippen molar-refractivity contribution < 1.29 is 18.1 Å².